The molecule has 0 spiro atoms. The number of ether oxygens (including phenoxy) is 2. The largest absolute Gasteiger partial charge is 0.480 e. The van der Waals surface area contributed by atoms with Gasteiger partial charge in [-0.25, -0.2) is 9.59 Å². The standard InChI is InChI=1S/C11H13FN2O8/c12-4-1-14(11(20)13-9(4)19)10-8(18)7(17)5(22-10)2-21-3-6(15)16/h1,5,7-8,10,17-18H,2-3H2,(H,15,16)(H,13,19,20)/t5-,7-,8-,10-/m1/s1. The predicted molar refractivity (Wildman–Crippen MR) is 65.7 cm³/mol. The minimum Gasteiger partial charge on any atom is -0.480 e. The van der Waals surface area contributed by atoms with Gasteiger partial charge in [0, 0.05) is 0 Å². The smallest absolute Gasteiger partial charge is 0.330 e. The summed E-state index contributed by atoms with van der Waals surface area (Å²) in [5.41, 5.74) is -2.26. The number of hydrogen-bond acceptors (Lipinski definition) is 7. The van der Waals surface area contributed by atoms with Gasteiger partial charge in [0.25, 0.3) is 5.56 Å². The summed E-state index contributed by atoms with van der Waals surface area (Å²) in [6.45, 7) is -0.998. The Kier molecular flexibility index (Phi) is 4.71. The lowest BCUT2D eigenvalue weighted by Gasteiger charge is -2.16. The second-order valence-electron chi connectivity index (χ2n) is 4.60. The van der Waals surface area contributed by atoms with Gasteiger partial charge < -0.3 is 24.8 Å². The number of halogens is 1. The van der Waals surface area contributed by atoms with Gasteiger partial charge in [-0.15, -0.1) is 0 Å². The Hall–Kier alpha value is -2.08. The SMILES string of the molecule is O=C(O)COC[C@H]1O[C@@H](n2cc(F)c(=O)[nH]c2=O)[C@H](O)[C@@H]1O. The molecule has 1 aliphatic rings. The third-order valence-electron chi connectivity index (χ3n) is 3.04. The zero-order chi connectivity index (χ0) is 16.4. The molecule has 1 saturated heterocycles. The van der Waals surface area contributed by atoms with Crippen LogP contribution in [0.25, 0.3) is 0 Å². The number of aromatic amines is 1. The van der Waals surface area contributed by atoms with Crippen molar-refractivity contribution in [1.29, 1.82) is 0 Å². The molecule has 0 aromatic carbocycles. The van der Waals surface area contributed by atoms with Crippen LogP contribution >= 0.6 is 0 Å². The number of aliphatic carboxylic acids is 1. The Morgan fingerprint density at radius 1 is 1.41 bits per heavy atom. The van der Waals surface area contributed by atoms with Crippen molar-refractivity contribution in [2.75, 3.05) is 13.2 Å². The van der Waals surface area contributed by atoms with E-state index >= 15 is 0 Å². The van der Waals surface area contributed by atoms with Gasteiger partial charge in [-0.1, -0.05) is 0 Å². The van der Waals surface area contributed by atoms with E-state index in [9.17, 15) is 29.0 Å². The molecule has 0 amide bonds. The third kappa shape index (κ3) is 3.22. The summed E-state index contributed by atoms with van der Waals surface area (Å²) in [5.74, 6) is -2.50. The fourth-order valence-electron chi connectivity index (χ4n) is 2.01. The quantitative estimate of drug-likeness (QED) is 0.461. The van der Waals surface area contributed by atoms with Crippen molar-refractivity contribution in [3.8, 4) is 0 Å². The van der Waals surface area contributed by atoms with Crippen LogP contribution in [0.2, 0.25) is 0 Å². The van der Waals surface area contributed by atoms with Gasteiger partial charge in [-0.05, 0) is 0 Å². The average Bonchev–Trinajstić information content (AvgIpc) is 2.71. The molecule has 2 rings (SSSR count). The summed E-state index contributed by atoms with van der Waals surface area (Å²) in [6.07, 6.45) is -5.11. The molecule has 11 heteroatoms. The van der Waals surface area contributed by atoms with Crippen LogP contribution < -0.4 is 11.2 Å². The van der Waals surface area contributed by atoms with E-state index in [1.165, 1.54) is 0 Å². The monoisotopic (exact) mass is 320 g/mol. The number of H-pyrrole nitrogens is 1. The van der Waals surface area contributed by atoms with Crippen molar-refractivity contribution >= 4 is 5.97 Å². The summed E-state index contributed by atoms with van der Waals surface area (Å²) in [5, 5.41) is 28.1. The molecule has 0 saturated carbocycles. The number of aromatic nitrogens is 2. The Morgan fingerprint density at radius 2 is 2.09 bits per heavy atom. The highest BCUT2D eigenvalue weighted by atomic mass is 19.1. The zero-order valence-corrected chi connectivity index (χ0v) is 11.0. The lowest BCUT2D eigenvalue weighted by molar-refractivity contribution is -0.144. The number of nitrogens with zero attached hydrogens (tertiary/aromatic N) is 1. The average molecular weight is 320 g/mol. The molecule has 1 aromatic rings. The molecule has 0 radical (unpaired) electrons. The molecule has 1 fully saturated rings. The minimum absolute atomic E-state index is 0.360. The Labute approximate surface area is 121 Å². The molecule has 0 aliphatic carbocycles. The Balaban J connectivity index is 2.16. The number of nitrogens with one attached hydrogen (secondary N) is 1. The molecule has 4 N–H and O–H groups in total. The van der Waals surface area contributed by atoms with E-state index in [1.807, 2.05) is 0 Å². The maximum Gasteiger partial charge on any atom is 0.330 e. The topological polar surface area (TPSA) is 151 Å². The molecule has 2 heterocycles. The summed E-state index contributed by atoms with van der Waals surface area (Å²) in [7, 11) is 0. The molecule has 10 nitrogen and oxygen atoms in total. The van der Waals surface area contributed by atoms with E-state index in [1.54, 1.807) is 4.98 Å². The fraction of sp³-hybridized carbons (Fsp3) is 0.545. The van der Waals surface area contributed by atoms with Crippen molar-refractivity contribution in [3.05, 3.63) is 32.9 Å². The molecular formula is C11H13FN2O8. The summed E-state index contributed by atoms with van der Waals surface area (Å²) >= 11 is 0. The van der Waals surface area contributed by atoms with Crippen LogP contribution in [-0.2, 0) is 14.3 Å². The van der Waals surface area contributed by atoms with Gasteiger partial charge in [-0.3, -0.25) is 14.3 Å². The number of hydrogen-bond donors (Lipinski definition) is 4. The zero-order valence-electron chi connectivity index (χ0n) is 11.0. The lowest BCUT2D eigenvalue weighted by atomic mass is 10.1. The van der Waals surface area contributed by atoms with E-state index in [4.69, 9.17) is 14.6 Å². The van der Waals surface area contributed by atoms with E-state index in [0.29, 0.717) is 10.8 Å². The third-order valence-corrected chi connectivity index (χ3v) is 3.04. The van der Waals surface area contributed by atoms with Crippen molar-refractivity contribution in [2.45, 2.75) is 24.5 Å². The number of carbonyl (C=O) groups is 1. The van der Waals surface area contributed by atoms with Crippen molar-refractivity contribution < 1.29 is 34.0 Å². The molecule has 0 bridgehead atoms. The van der Waals surface area contributed by atoms with Gasteiger partial charge in [0.15, 0.2) is 6.23 Å². The van der Waals surface area contributed by atoms with E-state index in [0.717, 1.165) is 0 Å². The maximum atomic E-state index is 13.2. The maximum absolute atomic E-state index is 13.2. The molecule has 0 unspecified atom stereocenters. The summed E-state index contributed by atoms with van der Waals surface area (Å²) in [6, 6.07) is 0. The van der Waals surface area contributed by atoms with Gasteiger partial charge in [0.05, 0.1) is 12.8 Å². The van der Waals surface area contributed by atoms with Crippen LogP contribution in [0.1, 0.15) is 6.23 Å². The van der Waals surface area contributed by atoms with Crippen LogP contribution in [0, 0.1) is 5.82 Å². The van der Waals surface area contributed by atoms with Crippen LogP contribution in [0.3, 0.4) is 0 Å². The Morgan fingerprint density at radius 3 is 2.73 bits per heavy atom. The van der Waals surface area contributed by atoms with Crippen LogP contribution in [-0.4, -0.2) is 62.4 Å². The van der Waals surface area contributed by atoms with Crippen molar-refractivity contribution in [1.82, 2.24) is 9.55 Å². The second kappa shape index (κ2) is 6.36. The first-order valence-corrected chi connectivity index (χ1v) is 6.13. The molecule has 4 atom stereocenters. The van der Waals surface area contributed by atoms with Crippen LogP contribution in [0.4, 0.5) is 4.39 Å². The number of aliphatic hydroxyl groups is 2. The number of rotatable bonds is 5. The highest BCUT2D eigenvalue weighted by Gasteiger charge is 2.44. The molecule has 1 aliphatic heterocycles. The van der Waals surface area contributed by atoms with E-state index < -0.39 is 54.2 Å². The second-order valence-corrected chi connectivity index (χ2v) is 4.60. The van der Waals surface area contributed by atoms with Gasteiger partial charge in [0.1, 0.15) is 24.9 Å². The molecule has 122 valence electrons. The van der Waals surface area contributed by atoms with Gasteiger partial charge in [0.2, 0.25) is 5.82 Å². The number of carboxylic acids is 1. The molecular weight excluding hydrogens is 307 g/mol. The number of aliphatic hydroxyl groups excluding tert-OH is 2. The highest BCUT2D eigenvalue weighted by Crippen LogP contribution is 2.28. The first-order chi connectivity index (χ1) is 10.3. The first-order valence-electron chi connectivity index (χ1n) is 6.13. The normalized spacial score (nSPS) is 28.0. The van der Waals surface area contributed by atoms with Gasteiger partial charge >= 0.3 is 11.7 Å². The van der Waals surface area contributed by atoms with E-state index in [2.05, 4.69) is 0 Å². The number of carboxylic acid groups (broad SMARTS) is 1. The molecule has 22 heavy (non-hydrogen) atoms. The minimum atomic E-state index is -1.60. The lowest BCUT2D eigenvalue weighted by Crippen LogP contribution is -2.38. The van der Waals surface area contributed by atoms with Crippen LogP contribution in [0.15, 0.2) is 15.8 Å². The van der Waals surface area contributed by atoms with Crippen molar-refractivity contribution in [3.63, 3.8) is 0 Å². The van der Waals surface area contributed by atoms with E-state index in [-0.39, 0.29) is 6.61 Å². The Bertz CT molecular complexity index is 671. The summed E-state index contributed by atoms with van der Waals surface area (Å²) < 4.78 is 23.7. The molecule has 1 aromatic heterocycles. The van der Waals surface area contributed by atoms with Gasteiger partial charge in [-0.2, -0.15) is 4.39 Å². The first kappa shape index (κ1) is 16.3. The summed E-state index contributed by atoms with van der Waals surface area (Å²) in [4.78, 5) is 34.6. The highest BCUT2D eigenvalue weighted by molar-refractivity contribution is 5.67. The fourth-order valence-corrected chi connectivity index (χ4v) is 2.01. The van der Waals surface area contributed by atoms with Crippen LogP contribution in [0.5, 0.6) is 0 Å². The predicted octanol–water partition coefficient (Wildman–Crippen LogP) is -2.60. The van der Waals surface area contributed by atoms with Crippen molar-refractivity contribution in [2.24, 2.45) is 0 Å².